The molecule has 0 aliphatic carbocycles. The molecule has 1 heterocycles. The Kier molecular flexibility index (Phi) is 5.46. The van der Waals surface area contributed by atoms with Gasteiger partial charge in [-0.05, 0) is 31.2 Å². The number of nitrogens with one attached hydrogen (secondary N) is 1. The summed E-state index contributed by atoms with van der Waals surface area (Å²) in [7, 11) is 0. The molecule has 0 fully saturated rings. The first-order chi connectivity index (χ1) is 12.9. The van der Waals surface area contributed by atoms with Gasteiger partial charge in [0.2, 0.25) is 0 Å². The van der Waals surface area contributed by atoms with E-state index in [0.29, 0.717) is 18.1 Å². The Labute approximate surface area is 157 Å². The highest BCUT2D eigenvalue weighted by molar-refractivity contribution is 7.14. The molecular weight excluding hydrogens is 377 g/mol. The number of aromatic nitrogens is 1. The number of amides is 1. The molecule has 2 aromatic carbocycles. The number of benzene rings is 2. The van der Waals surface area contributed by atoms with Gasteiger partial charge < -0.3 is 4.74 Å². The Hall–Kier alpha value is -2.87. The maximum Gasteiger partial charge on any atom is 0.417 e. The zero-order chi connectivity index (χ0) is 19.4. The third-order valence-corrected chi connectivity index (χ3v) is 4.42. The van der Waals surface area contributed by atoms with E-state index >= 15 is 0 Å². The summed E-state index contributed by atoms with van der Waals surface area (Å²) in [5, 5.41) is 4.36. The number of hydrogen-bond donors (Lipinski definition) is 1. The van der Waals surface area contributed by atoms with Gasteiger partial charge in [0.25, 0.3) is 5.91 Å². The number of halogens is 3. The molecule has 3 aromatic rings. The van der Waals surface area contributed by atoms with E-state index in [1.165, 1.54) is 12.1 Å². The number of carbonyl (C=O) groups excluding carboxylic acids is 1. The molecule has 0 saturated carbocycles. The van der Waals surface area contributed by atoms with Crippen molar-refractivity contribution in [3.8, 4) is 17.0 Å². The smallest absolute Gasteiger partial charge is 0.417 e. The minimum Gasteiger partial charge on any atom is -0.493 e. The maximum atomic E-state index is 13.1. The predicted molar refractivity (Wildman–Crippen MR) is 98.1 cm³/mol. The molecule has 140 valence electrons. The van der Waals surface area contributed by atoms with Crippen molar-refractivity contribution in [2.24, 2.45) is 0 Å². The molecule has 0 spiro atoms. The average molecular weight is 392 g/mol. The molecule has 0 atom stereocenters. The predicted octanol–water partition coefficient (Wildman–Crippen LogP) is 5.48. The fraction of sp³-hybridized carbons (Fsp3) is 0.158. The fourth-order valence-electron chi connectivity index (χ4n) is 2.51. The summed E-state index contributed by atoms with van der Waals surface area (Å²) in [4.78, 5) is 16.6. The van der Waals surface area contributed by atoms with E-state index in [2.05, 4.69) is 10.3 Å². The SMILES string of the molecule is CCOc1ccccc1-c1csc(NC(=O)c2ccccc2C(F)(F)F)n1. The summed E-state index contributed by atoms with van der Waals surface area (Å²) in [6.07, 6.45) is -4.61. The van der Waals surface area contributed by atoms with Crippen LogP contribution >= 0.6 is 11.3 Å². The molecule has 0 unspecified atom stereocenters. The molecule has 0 aliphatic heterocycles. The number of anilines is 1. The Bertz CT molecular complexity index is 954. The second-order valence-electron chi connectivity index (χ2n) is 5.46. The van der Waals surface area contributed by atoms with Crippen molar-refractivity contribution >= 4 is 22.4 Å². The van der Waals surface area contributed by atoms with Crippen molar-refractivity contribution in [2.45, 2.75) is 13.1 Å². The number of ether oxygens (including phenoxy) is 1. The van der Waals surface area contributed by atoms with Crippen molar-refractivity contribution in [3.05, 3.63) is 65.0 Å². The van der Waals surface area contributed by atoms with Crippen LogP contribution in [0.1, 0.15) is 22.8 Å². The average Bonchev–Trinajstić information content (AvgIpc) is 3.10. The van der Waals surface area contributed by atoms with Crippen LogP contribution in [-0.2, 0) is 6.18 Å². The highest BCUT2D eigenvalue weighted by atomic mass is 32.1. The lowest BCUT2D eigenvalue weighted by Gasteiger charge is -2.11. The number of rotatable bonds is 5. The summed E-state index contributed by atoms with van der Waals surface area (Å²) < 4.78 is 44.8. The normalized spacial score (nSPS) is 11.3. The number of alkyl halides is 3. The molecule has 0 radical (unpaired) electrons. The highest BCUT2D eigenvalue weighted by Crippen LogP contribution is 2.34. The van der Waals surface area contributed by atoms with Crippen LogP contribution in [-0.4, -0.2) is 17.5 Å². The van der Waals surface area contributed by atoms with Crippen LogP contribution in [0.25, 0.3) is 11.3 Å². The minimum absolute atomic E-state index is 0.207. The summed E-state index contributed by atoms with van der Waals surface area (Å²) in [6, 6.07) is 11.9. The topological polar surface area (TPSA) is 51.2 Å². The largest absolute Gasteiger partial charge is 0.493 e. The van der Waals surface area contributed by atoms with Crippen molar-refractivity contribution in [1.29, 1.82) is 0 Å². The lowest BCUT2D eigenvalue weighted by atomic mass is 10.1. The molecule has 0 aliphatic rings. The van der Waals surface area contributed by atoms with Crippen LogP contribution in [0.5, 0.6) is 5.75 Å². The Balaban J connectivity index is 1.84. The van der Waals surface area contributed by atoms with Gasteiger partial charge >= 0.3 is 6.18 Å². The number of thiazole rings is 1. The lowest BCUT2D eigenvalue weighted by molar-refractivity contribution is -0.137. The maximum absolute atomic E-state index is 13.1. The first-order valence-electron chi connectivity index (χ1n) is 8.05. The van der Waals surface area contributed by atoms with E-state index in [0.717, 1.165) is 29.0 Å². The monoisotopic (exact) mass is 392 g/mol. The van der Waals surface area contributed by atoms with E-state index in [4.69, 9.17) is 4.74 Å². The van der Waals surface area contributed by atoms with Crippen LogP contribution in [0, 0.1) is 0 Å². The zero-order valence-corrected chi connectivity index (χ0v) is 15.0. The first kappa shape index (κ1) is 18.9. The van der Waals surface area contributed by atoms with Crippen molar-refractivity contribution < 1.29 is 22.7 Å². The third kappa shape index (κ3) is 4.28. The van der Waals surface area contributed by atoms with Gasteiger partial charge in [-0.3, -0.25) is 10.1 Å². The number of nitrogens with zero attached hydrogens (tertiary/aromatic N) is 1. The van der Waals surface area contributed by atoms with E-state index in [9.17, 15) is 18.0 Å². The van der Waals surface area contributed by atoms with Crippen LogP contribution < -0.4 is 10.1 Å². The molecule has 3 rings (SSSR count). The number of carbonyl (C=O) groups is 1. The molecule has 4 nitrogen and oxygen atoms in total. The van der Waals surface area contributed by atoms with Crippen LogP contribution in [0.4, 0.5) is 18.3 Å². The Morgan fingerprint density at radius 2 is 1.85 bits per heavy atom. The number of hydrogen-bond acceptors (Lipinski definition) is 4. The molecule has 0 saturated heterocycles. The minimum atomic E-state index is -4.61. The number of para-hydroxylation sites is 1. The van der Waals surface area contributed by atoms with Gasteiger partial charge in [-0.1, -0.05) is 24.3 Å². The summed E-state index contributed by atoms with van der Waals surface area (Å²) in [5.74, 6) is -0.215. The molecule has 27 heavy (non-hydrogen) atoms. The van der Waals surface area contributed by atoms with E-state index in [-0.39, 0.29) is 5.13 Å². The van der Waals surface area contributed by atoms with Crippen LogP contribution in [0.3, 0.4) is 0 Å². The van der Waals surface area contributed by atoms with Gasteiger partial charge in [0.15, 0.2) is 5.13 Å². The van der Waals surface area contributed by atoms with E-state index in [1.54, 1.807) is 11.4 Å². The van der Waals surface area contributed by atoms with E-state index in [1.807, 2.05) is 25.1 Å². The molecule has 1 amide bonds. The van der Waals surface area contributed by atoms with Gasteiger partial charge in [0, 0.05) is 10.9 Å². The Morgan fingerprint density at radius 3 is 2.59 bits per heavy atom. The van der Waals surface area contributed by atoms with Gasteiger partial charge in [-0.2, -0.15) is 13.2 Å². The molecule has 0 bridgehead atoms. The molecule has 1 aromatic heterocycles. The zero-order valence-electron chi connectivity index (χ0n) is 14.2. The fourth-order valence-corrected chi connectivity index (χ4v) is 3.21. The summed E-state index contributed by atoms with van der Waals surface area (Å²) in [6.45, 7) is 2.35. The summed E-state index contributed by atoms with van der Waals surface area (Å²) in [5.41, 5.74) is -0.118. The quantitative estimate of drug-likeness (QED) is 0.626. The molecule has 1 N–H and O–H groups in total. The third-order valence-electron chi connectivity index (χ3n) is 3.66. The van der Waals surface area contributed by atoms with Crippen LogP contribution in [0.15, 0.2) is 53.9 Å². The first-order valence-corrected chi connectivity index (χ1v) is 8.93. The highest BCUT2D eigenvalue weighted by Gasteiger charge is 2.35. The van der Waals surface area contributed by atoms with Gasteiger partial charge in [-0.25, -0.2) is 4.98 Å². The van der Waals surface area contributed by atoms with Crippen LogP contribution in [0.2, 0.25) is 0 Å². The molecule has 8 heteroatoms. The van der Waals surface area contributed by atoms with Crippen molar-refractivity contribution in [3.63, 3.8) is 0 Å². The summed E-state index contributed by atoms with van der Waals surface area (Å²) >= 11 is 1.13. The van der Waals surface area contributed by atoms with Gasteiger partial charge in [0.05, 0.1) is 23.4 Å². The standard InChI is InChI=1S/C19H15F3N2O2S/c1-2-26-16-10-6-4-8-13(16)15-11-27-18(23-15)24-17(25)12-7-3-5-9-14(12)19(20,21)22/h3-11H,2H2,1H3,(H,23,24,25). The van der Waals surface area contributed by atoms with Crippen molar-refractivity contribution in [2.75, 3.05) is 11.9 Å². The van der Waals surface area contributed by atoms with E-state index < -0.39 is 23.2 Å². The second-order valence-corrected chi connectivity index (χ2v) is 6.32. The Morgan fingerprint density at radius 1 is 1.15 bits per heavy atom. The van der Waals surface area contributed by atoms with Gasteiger partial charge in [-0.15, -0.1) is 11.3 Å². The second kappa shape index (κ2) is 7.79. The molecular formula is C19H15F3N2O2S. The van der Waals surface area contributed by atoms with Crippen molar-refractivity contribution in [1.82, 2.24) is 4.98 Å². The lowest BCUT2D eigenvalue weighted by Crippen LogP contribution is -2.18. The van der Waals surface area contributed by atoms with Gasteiger partial charge in [0.1, 0.15) is 5.75 Å².